The lowest BCUT2D eigenvalue weighted by molar-refractivity contribution is 1.58. The molecule has 0 nitrogen and oxygen atoms in total. The van der Waals surface area contributed by atoms with Crippen LogP contribution in [0.25, 0.3) is 88.3 Å². The van der Waals surface area contributed by atoms with Crippen LogP contribution in [0.5, 0.6) is 0 Å². The van der Waals surface area contributed by atoms with Gasteiger partial charge in [0.05, 0.1) is 0 Å². The van der Waals surface area contributed by atoms with Gasteiger partial charge in [0, 0.05) is 0 Å². The molecule has 0 bridgehead atoms. The molecule has 1 aliphatic rings. The monoisotopic (exact) mass is 556 g/mol. The highest BCUT2D eigenvalue weighted by molar-refractivity contribution is 6.29. The van der Waals surface area contributed by atoms with Crippen molar-refractivity contribution in [2.75, 3.05) is 0 Å². The molecule has 0 spiro atoms. The Morgan fingerprint density at radius 1 is 0.227 bits per heavy atom. The molecule has 0 fully saturated rings. The van der Waals surface area contributed by atoms with Gasteiger partial charge in [0.15, 0.2) is 0 Å². The van der Waals surface area contributed by atoms with E-state index in [1.807, 2.05) is 0 Å². The van der Waals surface area contributed by atoms with Gasteiger partial charge in [0.2, 0.25) is 0 Å². The normalized spacial score (nSPS) is 11.6. The SMILES string of the molecule is c1ccc(-c2cc(-c3ccccc3)cc(-c3c4ccccc4c4c5c(cccc35)-c3cc(-c5ccccc5)ccc3-4)c2)cc1. The minimum atomic E-state index is 1.22. The first-order chi connectivity index (χ1) is 21.8. The van der Waals surface area contributed by atoms with Crippen molar-refractivity contribution in [3.05, 3.63) is 170 Å². The molecule has 8 aromatic rings. The van der Waals surface area contributed by atoms with Crippen LogP contribution in [0.4, 0.5) is 0 Å². The van der Waals surface area contributed by atoms with E-state index in [0.29, 0.717) is 0 Å². The highest BCUT2D eigenvalue weighted by Gasteiger charge is 2.27. The summed E-state index contributed by atoms with van der Waals surface area (Å²) in [7, 11) is 0. The average molecular weight is 557 g/mol. The molecule has 0 atom stereocenters. The molecule has 0 aliphatic heterocycles. The molecule has 9 rings (SSSR count). The van der Waals surface area contributed by atoms with E-state index in [2.05, 4.69) is 170 Å². The zero-order valence-corrected chi connectivity index (χ0v) is 24.2. The number of fused-ring (bicyclic) bond motifs is 5. The van der Waals surface area contributed by atoms with E-state index in [0.717, 1.165) is 0 Å². The number of benzene rings is 8. The Morgan fingerprint density at radius 3 is 1.34 bits per heavy atom. The molecule has 0 heterocycles. The molecule has 0 radical (unpaired) electrons. The van der Waals surface area contributed by atoms with E-state index in [1.54, 1.807) is 0 Å². The molecular weight excluding hydrogens is 528 g/mol. The summed E-state index contributed by atoms with van der Waals surface area (Å²) in [6.45, 7) is 0. The minimum Gasteiger partial charge on any atom is -0.0622 e. The van der Waals surface area contributed by atoms with Crippen molar-refractivity contribution in [1.82, 2.24) is 0 Å². The van der Waals surface area contributed by atoms with E-state index in [-0.39, 0.29) is 0 Å². The van der Waals surface area contributed by atoms with Crippen LogP contribution in [0, 0.1) is 0 Å². The molecule has 8 aromatic carbocycles. The second-order valence-electron chi connectivity index (χ2n) is 11.7. The molecule has 0 saturated heterocycles. The third-order valence-electron chi connectivity index (χ3n) is 9.17. The lowest BCUT2D eigenvalue weighted by Crippen LogP contribution is -1.90. The number of hydrogen-bond donors (Lipinski definition) is 0. The van der Waals surface area contributed by atoms with Crippen molar-refractivity contribution in [1.29, 1.82) is 0 Å². The van der Waals surface area contributed by atoms with E-state index < -0.39 is 0 Å². The van der Waals surface area contributed by atoms with Gasteiger partial charge < -0.3 is 0 Å². The predicted molar refractivity (Wildman–Crippen MR) is 188 cm³/mol. The van der Waals surface area contributed by atoms with Crippen molar-refractivity contribution < 1.29 is 0 Å². The van der Waals surface area contributed by atoms with Crippen LogP contribution in [-0.4, -0.2) is 0 Å². The number of rotatable bonds is 4. The first kappa shape index (κ1) is 24.8. The van der Waals surface area contributed by atoms with Crippen molar-refractivity contribution in [3.8, 4) is 66.8 Å². The van der Waals surface area contributed by atoms with E-state index in [4.69, 9.17) is 0 Å². The van der Waals surface area contributed by atoms with Crippen LogP contribution >= 0.6 is 0 Å². The summed E-state index contributed by atoms with van der Waals surface area (Å²) in [5.74, 6) is 0. The third kappa shape index (κ3) is 3.85. The maximum Gasteiger partial charge on any atom is -0.00137 e. The smallest absolute Gasteiger partial charge is 0.00137 e. The Labute approximate surface area is 257 Å². The molecule has 0 aromatic heterocycles. The van der Waals surface area contributed by atoms with Gasteiger partial charge in [-0.1, -0.05) is 146 Å². The molecule has 0 heteroatoms. The van der Waals surface area contributed by atoms with Crippen LogP contribution < -0.4 is 0 Å². The Balaban J connectivity index is 1.36. The van der Waals surface area contributed by atoms with Crippen molar-refractivity contribution >= 4 is 21.5 Å². The lowest BCUT2D eigenvalue weighted by Gasteiger charge is -2.17. The van der Waals surface area contributed by atoms with Gasteiger partial charge in [-0.2, -0.15) is 0 Å². The topological polar surface area (TPSA) is 0 Å². The van der Waals surface area contributed by atoms with Crippen molar-refractivity contribution in [2.24, 2.45) is 0 Å². The lowest BCUT2D eigenvalue weighted by atomic mass is 9.86. The molecule has 0 amide bonds. The Bertz CT molecular complexity index is 2290. The Hall–Kier alpha value is -5.72. The van der Waals surface area contributed by atoms with Crippen LogP contribution in [0.3, 0.4) is 0 Å². The minimum absolute atomic E-state index is 1.22. The molecule has 0 unspecified atom stereocenters. The molecule has 44 heavy (non-hydrogen) atoms. The van der Waals surface area contributed by atoms with E-state index in [1.165, 1.54) is 88.3 Å². The first-order valence-corrected chi connectivity index (χ1v) is 15.3. The maximum absolute atomic E-state index is 2.39. The number of hydrogen-bond acceptors (Lipinski definition) is 0. The van der Waals surface area contributed by atoms with Gasteiger partial charge in [-0.05, 0) is 113 Å². The fraction of sp³-hybridized carbons (Fsp3) is 0. The van der Waals surface area contributed by atoms with Crippen molar-refractivity contribution in [3.63, 3.8) is 0 Å². The summed E-state index contributed by atoms with van der Waals surface area (Å²) in [5, 5.41) is 5.25. The molecule has 1 aliphatic carbocycles. The third-order valence-corrected chi connectivity index (χ3v) is 9.17. The second-order valence-corrected chi connectivity index (χ2v) is 11.7. The van der Waals surface area contributed by atoms with Gasteiger partial charge in [-0.3, -0.25) is 0 Å². The highest BCUT2D eigenvalue weighted by Crippen LogP contribution is 2.54. The maximum atomic E-state index is 2.39. The molecule has 0 N–H and O–H groups in total. The van der Waals surface area contributed by atoms with E-state index >= 15 is 0 Å². The standard InChI is InChI=1S/C44H28/c1-4-13-29(14-5-1)32-23-24-39-41(28-32)38-21-12-22-40-42(36-19-10-11-20-37(36)43(39)44(38)40)35-26-33(30-15-6-2-7-16-30)25-34(27-35)31-17-8-3-9-18-31/h1-28H. The largest absolute Gasteiger partial charge is 0.0622 e. The predicted octanol–water partition coefficient (Wildman–Crippen LogP) is 12.3. The van der Waals surface area contributed by atoms with Crippen LogP contribution in [0.15, 0.2) is 170 Å². The summed E-state index contributed by atoms with van der Waals surface area (Å²) in [6.07, 6.45) is 0. The molecule has 204 valence electrons. The van der Waals surface area contributed by atoms with Crippen LogP contribution in [-0.2, 0) is 0 Å². The van der Waals surface area contributed by atoms with Gasteiger partial charge >= 0.3 is 0 Å². The Morgan fingerprint density at radius 2 is 0.727 bits per heavy atom. The summed E-state index contributed by atoms with van der Waals surface area (Å²) in [5.41, 5.74) is 15.3. The average Bonchev–Trinajstić information content (AvgIpc) is 3.44. The van der Waals surface area contributed by atoms with Crippen LogP contribution in [0.2, 0.25) is 0 Å². The first-order valence-electron chi connectivity index (χ1n) is 15.3. The second kappa shape index (κ2) is 9.93. The zero-order chi connectivity index (χ0) is 29.0. The summed E-state index contributed by atoms with van der Waals surface area (Å²) >= 11 is 0. The highest BCUT2D eigenvalue weighted by atomic mass is 14.3. The van der Waals surface area contributed by atoms with Crippen LogP contribution in [0.1, 0.15) is 0 Å². The van der Waals surface area contributed by atoms with Crippen molar-refractivity contribution in [2.45, 2.75) is 0 Å². The van der Waals surface area contributed by atoms with Gasteiger partial charge in [0.1, 0.15) is 0 Å². The van der Waals surface area contributed by atoms with E-state index in [9.17, 15) is 0 Å². The summed E-state index contributed by atoms with van der Waals surface area (Å²) in [4.78, 5) is 0. The van der Waals surface area contributed by atoms with Gasteiger partial charge in [-0.15, -0.1) is 0 Å². The molecular formula is C44H28. The zero-order valence-electron chi connectivity index (χ0n) is 24.2. The quantitative estimate of drug-likeness (QED) is 0.189. The van der Waals surface area contributed by atoms with Gasteiger partial charge in [-0.25, -0.2) is 0 Å². The fourth-order valence-corrected chi connectivity index (χ4v) is 7.21. The fourth-order valence-electron chi connectivity index (χ4n) is 7.21. The summed E-state index contributed by atoms with van der Waals surface area (Å²) < 4.78 is 0. The molecule has 0 saturated carbocycles. The Kier molecular flexibility index (Phi) is 5.61. The van der Waals surface area contributed by atoms with Gasteiger partial charge in [0.25, 0.3) is 0 Å². The summed E-state index contributed by atoms with van der Waals surface area (Å²) in [6, 6.07) is 62.2.